The van der Waals surface area contributed by atoms with Crippen LogP contribution in [0.2, 0.25) is 0 Å². The van der Waals surface area contributed by atoms with Gasteiger partial charge in [-0.05, 0) is 0 Å². The van der Waals surface area contributed by atoms with Gasteiger partial charge < -0.3 is 68.8 Å². The summed E-state index contributed by atoms with van der Waals surface area (Å²) in [6, 6.07) is 0. The van der Waals surface area contributed by atoms with Crippen molar-refractivity contribution >= 4 is 7.82 Å². The van der Waals surface area contributed by atoms with E-state index in [4.69, 9.17) is 19.3 Å². The van der Waals surface area contributed by atoms with Crippen LogP contribution in [0.3, 0.4) is 0 Å². The summed E-state index contributed by atoms with van der Waals surface area (Å²) < 4.78 is 29.7. The van der Waals surface area contributed by atoms with Gasteiger partial charge in [0.25, 0.3) is 0 Å². The van der Waals surface area contributed by atoms with Crippen LogP contribution in [0, 0.1) is 0 Å². The summed E-state index contributed by atoms with van der Waals surface area (Å²) in [5, 5.41) is 68.0. The van der Waals surface area contributed by atoms with Crippen LogP contribution in [0.5, 0.6) is 0 Å². The van der Waals surface area contributed by atoms with Gasteiger partial charge in [0.05, 0.1) is 21.0 Å². The standard InChI is InChI=1S/C12H23O14P/c13-1-3-5(14)7(16)9(18)11(24-3)26-12-10(19)8(17)6(15)4(25-12)2-23-27(20,21)22/h3-19H,1-2H2,(H2,20,21,22)/p-2/t3-,4-,5-,6-,7+,8+,9-,10-,11-,12+/m1/s1. The molecule has 0 amide bonds. The van der Waals surface area contributed by atoms with Gasteiger partial charge in [-0.2, -0.15) is 0 Å². The van der Waals surface area contributed by atoms with Gasteiger partial charge in [-0.15, -0.1) is 0 Å². The first-order chi connectivity index (χ1) is 12.5. The first-order valence-electron chi connectivity index (χ1n) is 7.78. The summed E-state index contributed by atoms with van der Waals surface area (Å²) in [6.07, 6.45) is -17.5. The monoisotopic (exact) mass is 420 g/mol. The summed E-state index contributed by atoms with van der Waals surface area (Å²) in [4.78, 5) is 21.1. The van der Waals surface area contributed by atoms with Crippen molar-refractivity contribution in [2.45, 2.75) is 61.4 Å². The van der Waals surface area contributed by atoms with Crippen molar-refractivity contribution in [3.63, 3.8) is 0 Å². The van der Waals surface area contributed by atoms with E-state index in [9.17, 15) is 45.0 Å². The molecule has 15 heteroatoms. The van der Waals surface area contributed by atoms with E-state index < -0.39 is 82.4 Å². The van der Waals surface area contributed by atoms with Gasteiger partial charge in [0.2, 0.25) is 0 Å². The van der Waals surface area contributed by atoms with E-state index in [1.165, 1.54) is 0 Å². The molecule has 0 unspecified atom stereocenters. The SMILES string of the molecule is O=P([O-])([O-])OC[C@H]1O[C@@H](O[C@H]2O[C@H](CO)[C@@H](O)[C@H](O)[C@H]2O)[C@H](O)[C@@H](O)[C@@H]1O. The second-order valence-electron chi connectivity index (χ2n) is 6.09. The van der Waals surface area contributed by atoms with E-state index in [0.29, 0.717) is 0 Å². The predicted octanol–water partition coefficient (Wildman–Crippen LogP) is -6.54. The van der Waals surface area contributed by atoms with Gasteiger partial charge in [0.15, 0.2) is 12.6 Å². The van der Waals surface area contributed by atoms with Crippen molar-refractivity contribution in [3.05, 3.63) is 0 Å². The van der Waals surface area contributed by atoms with Crippen LogP contribution in [0.1, 0.15) is 0 Å². The Kier molecular flexibility index (Phi) is 7.68. The maximum Gasteiger partial charge on any atom is 0.189 e. The zero-order chi connectivity index (χ0) is 20.5. The van der Waals surface area contributed by atoms with Crippen molar-refractivity contribution in [2.24, 2.45) is 0 Å². The van der Waals surface area contributed by atoms with Crippen LogP contribution in [0.4, 0.5) is 0 Å². The molecular formula is C12H21O14P-2. The fourth-order valence-corrected chi connectivity index (χ4v) is 2.97. The number of phosphoric acid groups is 1. The van der Waals surface area contributed by atoms with Crippen LogP contribution in [0.15, 0.2) is 0 Å². The van der Waals surface area contributed by atoms with Crippen LogP contribution in [0.25, 0.3) is 0 Å². The summed E-state index contributed by atoms with van der Waals surface area (Å²) in [5.41, 5.74) is 0. The average molecular weight is 420 g/mol. The van der Waals surface area contributed by atoms with Gasteiger partial charge in [-0.25, -0.2) is 0 Å². The molecule has 0 radical (unpaired) electrons. The smallest absolute Gasteiger partial charge is 0.189 e. The molecule has 2 saturated heterocycles. The van der Waals surface area contributed by atoms with E-state index in [1.807, 2.05) is 0 Å². The van der Waals surface area contributed by atoms with Crippen LogP contribution >= 0.6 is 7.82 Å². The zero-order valence-electron chi connectivity index (χ0n) is 13.6. The maximum absolute atomic E-state index is 10.5. The molecule has 10 atom stereocenters. The number of ether oxygens (including phenoxy) is 3. The van der Waals surface area contributed by atoms with E-state index in [0.717, 1.165) is 0 Å². The Bertz CT molecular complexity index is 526. The molecule has 160 valence electrons. The fourth-order valence-electron chi connectivity index (χ4n) is 2.64. The molecule has 14 nitrogen and oxygen atoms in total. The molecule has 27 heavy (non-hydrogen) atoms. The molecule has 0 aliphatic carbocycles. The molecule has 0 spiro atoms. The van der Waals surface area contributed by atoms with Crippen molar-refractivity contribution in [1.29, 1.82) is 0 Å². The number of aliphatic hydroxyl groups excluding tert-OH is 7. The van der Waals surface area contributed by atoms with E-state index in [1.54, 1.807) is 0 Å². The van der Waals surface area contributed by atoms with Crippen LogP contribution in [-0.2, 0) is 23.3 Å². The third kappa shape index (κ3) is 5.41. The minimum absolute atomic E-state index is 0.751. The van der Waals surface area contributed by atoms with Crippen LogP contribution < -0.4 is 9.79 Å². The quantitative estimate of drug-likeness (QED) is 0.198. The van der Waals surface area contributed by atoms with Gasteiger partial charge in [0.1, 0.15) is 48.8 Å². The largest absolute Gasteiger partial charge is 0.790 e. The molecule has 2 aliphatic rings. The Morgan fingerprint density at radius 1 is 0.778 bits per heavy atom. The third-order valence-corrected chi connectivity index (χ3v) is 4.65. The van der Waals surface area contributed by atoms with Crippen molar-refractivity contribution < 1.29 is 68.8 Å². The topological polar surface area (TPSA) is 242 Å². The Morgan fingerprint density at radius 2 is 1.22 bits per heavy atom. The molecule has 0 aromatic heterocycles. The highest BCUT2D eigenvalue weighted by atomic mass is 31.2. The normalized spacial score (nSPS) is 46.4. The lowest BCUT2D eigenvalue weighted by molar-refractivity contribution is -0.379. The van der Waals surface area contributed by atoms with Gasteiger partial charge in [-0.1, -0.05) is 0 Å². The second-order valence-corrected chi connectivity index (χ2v) is 7.24. The Morgan fingerprint density at radius 3 is 1.67 bits per heavy atom. The molecule has 2 rings (SSSR count). The van der Waals surface area contributed by atoms with Crippen molar-refractivity contribution in [1.82, 2.24) is 0 Å². The third-order valence-electron chi connectivity index (χ3n) is 4.18. The maximum atomic E-state index is 10.5. The summed E-state index contributed by atoms with van der Waals surface area (Å²) in [6.45, 7) is -1.75. The van der Waals surface area contributed by atoms with Gasteiger partial charge in [0, 0.05) is 0 Å². The highest BCUT2D eigenvalue weighted by Gasteiger charge is 2.49. The highest BCUT2D eigenvalue weighted by molar-refractivity contribution is 7.43. The Balaban J connectivity index is 2.08. The summed E-state index contributed by atoms with van der Waals surface area (Å²) in [5.74, 6) is 0. The van der Waals surface area contributed by atoms with E-state index >= 15 is 0 Å². The minimum atomic E-state index is -5.42. The number of hydrogen-bond donors (Lipinski definition) is 7. The molecule has 7 N–H and O–H groups in total. The molecule has 2 heterocycles. The lowest BCUT2D eigenvalue weighted by Crippen LogP contribution is -2.63. The molecule has 0 saturated carbocycles. The molecule has 2 fully saturated rings. The number of hydrogen-bond acceptors (Lipinski definition) is 14. The van der Waals surface area contributed by atoms with Crippen LogP contribution in [-0.4, -0.2) is 110 Å². The number of aliphatic hydroxyl groups is 7. The Labute approximate surface area is 152 Å². The Hall–Kier alpha value is -0.290. The molecule has 0 aromatic carbocycles. The molecule has 2 aliphatic heterocycles. The average Bonchev–Trinajstić information content (AvgIpc) is 2.60. The van der Waals surface area contributed by atoms with Crippen molar-refractivity contribution in [2.75, 3.05) is 13.2 Å². The number of phosphoric ester groups is 1. The molecular weight excluding hydrogens is 399 g/mol. The zero-order valence-corrected chi connectivity index (χ0v) is 14.5. The predicted molar refractivity (Wildman–Crippen MR) is 75.1 cm³/mol. The van der Waals surface area contributed by atoms with Gasteiger partial charge >= 0.3 is 0 Å². The van der Waals surface area contributed by atoms with Gasteiger partial charge in [-0.3, -0.25) is 0 Å². The van der Waals surface area contributed by atoms with Crippen molar-refractivity contribution in [3.8, 4) is 0 Å². The molecule has 0 aromatic rings. The van der Waals surface area contributed by atoms with E-state index in [2.05, 4.69) is 4.52 Å². The lowest BCUT2D eigenvalue weighted by atomic mass is 9.98. The number of rotatable bonds is 6. The summed E-state index contributed by atoms with van der Waals surface area (Å²) in [7, 11) is -5.42. The first-order valence-corrected chi connectivity index (χ1v) is 9.24. The lowest BCUT2D eigenvalue weighted by Gasteiger charge is -2.45. The fraction of sp³-hybridized carbons (Fsp3) is 1.00. The van der Waals surface area contributed by atoms with E-state index in [-0.39, 0.29) is 0 Å². The second kappa shape index (κ2) is 9.02. The molecule has 0 bridgehead atoms. The highest BCUT2D eigenvalue weighted by Crippen LogP contribution is 2.31. The minimum Gasteiger partial charge on any atom is -0.790 e. The summed E-state index contributed by atoms with van der Waals surface area (Å²) >= 11 is 0. The first kappa shape index (κ1) is 23.0.